The van der Waals surface area contributed by atoms with Crippen LogP contribution in [0.5, 0.6) is 11.5 Å². The molecule has 1 aromatic carbocycles. The fourth-order valence-corrected chi connectivity index (χ4v) is 2.04. The molecule has 0 bridgehead atoms. The third-order valence-electron chi connectivity index (χ3n) is 3.14. The number of benzene rings is 1. The summed E-state index contributed by atoms with van der Waals surface area (Å²) < 4.78 is 11.0. The highest BCUT2D eigenvalue weighted by molar-refractivity contribution is 5.31. The Morgan fingerprint density at radius 1 is 1.25 bits per heavy atom. The van der Waals surface area contributed by atoms with Gasteiger partial charge in [-0.3, -0.25) is 0 Å². The van der Waals surface area contributed by atoms with Crippen LogP contribution >= 0.6 is 0 Å². The molecule has 0 amide bonds. The molecule has 1 heterocycles. The fraction of sp³-hybridized carbons (Fsp3) is 0.538. The lowest BCUT2D eigenvalue weighted by Crippen LogP contribution is -2.25. The standard InChI is InChI=1S/C13H19NO2/c1-10(11-7-8-14-9-11)16-13-5-3-12(15-2)4-6-13/h3-6,10-11,14H,7-9H2,1-2H3. The van der Waals surface area contributed by atoms with Crippen LogP contribution < -0.4 is 14.8 Å². The molecule has 2 rings (SSSR count). The molecule has 1 N–H and O–H groups in total. The van der Waals surface area contributed by atoms with Gasteiger partial charge in [0.1, 0.15) is 11.5 Å². The van der Waals surface area contributed by atoms with Gasteiger partial charge >= 0.3 is 0 Å². The van der Waals surface area contributed by atoms with E-state index in [4.69, 9.17) is 9.47 Å². The summed E-state index contributed by atoms with van der Waals surface area (Å²) in [7, 11) is 1.67. The van der Waals surface area contributed by atoms with Gasteiger partial charge in [-0.05, 0) is 44.2 Å². The van der Waals surface area contributed by atoms with Crippen LogP contribution in [0.1, 0.15) is 13.3 Å². The Hall–Kier alpha value is -1.22. The van der Waals surface area contributed by atoms with E-state index in [0.29, 0.717) is 5.92 Å². The van der Waals surface area contributed by atoms with Gasteiger partial charge in [0.25, 0.3) is 0 Å². The van der Waals surface area contributed by atoms with Crippen molar-refractivity contribution >= 4 is 0 Å². The molecule has 3 heteroatoms. The molecule has 16 heavy (non-hydrogen) atoms. The maximum Gasteiger partial charge on any atom is 0.119 e. The van der Waals surface area contributed by atoms with Crippen molar-refractivity contribution in [1.29, 1.82) is 0 Å². The predicted octanol–water partition coefficient (Wildman–Crippen LogP) is 2.07. The topological polar surface area (TPSA) is 30.5 Å². The van der Waals surface area contributed by atoms with Crippen molar-refractivity contribution in [3.05, 3.63) is 24.3 Å². The third kappa shape index (κ3) is 2.67. The van der Waals surface area contributed by atoms with Crippen LogP contribution in [0.15, 0.2) is 24.3 Å². The van der Waals surface area contributed by atoms with E-state index in [1.165, 1.54) is 6.42 Å². The number of methoxy groups -OCH3 is 1. The molecule has 88 valence electrons. The Morgan fingerprint density at radius 3 is 2.50 bits per heavy atom. The second-order valence-corrected chi connectivity index (χ2v) is 4.25. The zero-order chi connectivity index (χ0) is 11.4. The maximum atomic E-state index is 5.90. The van der Waals surface area contributed by atoms with Gasteiger partial charge in [-0.2, -0.15) is 0 Å². The summed E-state index contributed by atoms with van der Waals surface area (Å²) >= 11 is 0. The Balaban J connectivity index is 1.92. The molecular weight excluding hydrogens is 202 g/mol. The van der Waals surface area contributed by atoms with Crippen LogP contribution in [0.4, 0.5) is 0 Å². The summed E-state index contributed by atoms with van der Waals surface area (Å²) in [5, 5.41) is 3.36. The van der Waals surface area contributed by atoms with E-state index in [0.717, 1.165) is 24.6 Å². The van der Waals surface area contributed by atoms with Crippen molar-refractivity contribution in [2.45, 2.75) is 19.4 Å². The summed E-state index contributed by atoms with van der Waals surface area (Å²) in [5.74, 6) is 2.41. The van der Waals surface area contributed by atoms with Gasteiger partial charge in [0.05, 0.1) is 13.2 Å². The van der Waals surface area contributed by atoms with Crippen molar-refractivity contribution < 1.29 is 9.47 Å². The highest BCUT2D eigenvalue weighted by Gasteiger charge is 2.22. The number of nitrogens with one attached hydrogen (secondary N) is 1. The second-order valence-electron chi connectivity index (χ2n) is 4.25. The molecule has 0 radical (unpaired) electrons. The van der Waals surface area contributed by atoms with E-state index in [1.807, 2.05) is 24.3 Å². The molecule has 2 atom stereocenters. The summed E-state index contributed by atoms with van der Waals surface area (Å²) in [5.41, 5.74) is 0. The Kier molecular flexibility index (Phi) is 3.67. The van der Waals surface area contributed by atoms with Crippen LogP contribution in [0.3, 0.4) is 0 Å². The summed E-state index contributed by atoms with van der Waals surface area (Å²) in [6, 6.07) is 7.76. The van der Waals surface area contributed by atoms with Crippen molar-refractivity contribution in [2.24, 2.45) is 5.92 Å². The van der Waals surface area contributed by atoms with Crippen LogP contribution in [-0.4, -0.2) is 26.3 Å². The molecule has 1 aliphatic rings. The maximum absolute atomic E-state index is 5.90. The Labute approximate surface area is 96.8 Å². The molecule has 0 aliphatic carbocycles. The number of ether oxygens (including phenoxy) is 2. The van der Waals surface area contributed by atoms with Crippen molar-refractivity contribution in [1.82, 2.24) is 5.32 Å². The van der Waals surface area contributed by atoms with E-state index < -0.39 is 0 Å². The average Bonchev–Trinajstić information content (AvgIpc) is 2.83. The number of rotatable bonds is 4. The first-order valence-corrected chi connectivity index (χ1v) is 5.81. The fourth-order valence-electron chi connectivity index (χ4n) is 2.04. The van der Waals surface area contributed by atoms with Gasteiger partial charge in [0, 0.05) is 12.5 Å². The third-order valence-corrected chi connectivity index (χ3v) is 3.14. The second kappa shape index (κ2) is 5.21. The van der Waals surface area contributed by atoms with E-state index in [1.54, 1.807) is 7.11 Å². The number of hydrogen-bond donors (Lipinski definition) is 1. The SMILES string of the molecule is COc1ccc(OC(C)C2CCNC2)cc1. The summed E-state index contributed by atoms with van der Waals surface area (Å²) in [6.07, 6.45) is 1.47. The van der Waals surface area contributed by atoms with Crippen LogP contribution in [-0.2, 0) is 0 Å². The smallest absolute Gasteiger partial charge is 0.119 e. The quantitative estimate of drug-likeness (QED) is 0.844. The van der Waals surface area contributed by atoms with Gasteiger partial charge in [-0.1, -0.05) is 0 Å². The van der Waals surface area contributed by atoms with Gasteiger partial charge in [0.15, 0.2) is 0 Å². The minimum absolute atomic E-state index is 0.267. The molecule has 1 aliphatic heterocycles. The molecular formula is C13H19NO2. The Bertz CT molecular complexity index is 317. The minimum atomic E-state index is 0.267. The molecule has 1 saturated heterocycles. The monoisotopic (exact) mass is 221 g/mol. The first-order chi connectivity index (χ1) is 7.79. The normalized spacial score (nSPS) is 21.8. The van der Waals surface area contributed by atoms with Crippen LogP contribution in [0.25, 0.3) is 0 Å². The van der Waals surface area contributed by atoms with Crippen molar-refractivity contribution in [3.63, 3.8) is 0 Å². The lowest BCUT2D eigenvalue weighted by atomic mass is 10.0. The number of hydrogen-bond acceptors (Lipinski definition) is 3. The van der Waals surface area contributed by atoms with E-state index in [9.17, 15) is 0 Å². The molecule has 0 spiro atoms. The van der Waals surface area contributed by atoms with Gasteiger partial charge in [-0.15, -0.1) is 0 Å². The lowest BCUT2D eigenvalue weighted by Gasteiger charge is -2.20. The lowest BCUT2D eigenvalue weighted by molar-refractivity contribution is 0.161. The average molecular weight is 221 g/mol. The molecule has 3 nitrogen and oxygen atoms in total. The molecule has 2 unspecified atom stereocenters. The molecule has 0 aromatic heterocycles. The van der Waals surface area contributed by atoms with Gasteiger partial charge in [0.2, 0.25) is 0 Å². The highest BCUT2D eigenvalue weighted by atomic mass is 16.5. The molecule has 1 aromatic rings. The van der Waals surface area contributed by atoms with E-state index in [-0.39, 0.29) is 6.10 Å². The Morgan fingerprint density at radius 2 is 1.94 bits per heavy atom. The minimum Gasteiger partial charge on any atom is -0.497 e. The molecule has 1 fully saturated rings. The summed E-state index contributed by atoms with van der Waals surface area (Å²) in [6.45, 7) is 4.32. The van der Waals surface area contributed by atoms with Crippen LogP contribution in [0, 0.1) is 5.92 Å². The predicted molar refractivity (Wildman–Crippen MR) is 64.1 cm³/mol. The summed E-state index contributed by atoms with van der Waals surface area (Å²) in [4.78, 5) is 0. The zero-order valence-corrected chi connectivity index (χ0v) is 9.90. The van der Waals surface area contributed by atoms with Gasteiger partial charge in [-0.25, -0.2) is 0 Å². The van der Waals surface area contributed by atoms with Crippen molar-refractivity contribution in [2.75, 3.05) is 20.2 Å². The van der Waals surface area contributed by atoms with E-state index >= 15 is 0 Å². The van der Waals surface area contributed by atoms with E-state index in [2.05, 4.69) is 12.2 Å². The first kappa shape index (κ1) is 11.3. The van der Waals surface area contributed by atoms with Crippen LogP contribution in [0.2, 0.25) is 0 Å². The first-order valence-electron chi connectivity index (χ1n) is 5.81. The molecule has 0 saturated carbocycles. The zero-order valence-electron chi connectivity index (χ0n) is 9.90. The highest BCUT2D eigenvalue weighted by Crippen LogP contribution is 2.22. The van der Waals surface area contributed by atoms with Gasteiger partial charge < -0.3 is 14.8 Å². The largest absolute Gasteiger partial charge is 0.497 e. The van der Waals surface area contributed by atoms with Crippen molar-refractivity contribution in [3.8, 4) is 11.5 Å².